The van der Waals surface area contributed by atoms with Crippen molar-refractivity contribution in [3.05, 3.63) is 12.7 Å². The summed E-state index contributed by atoms with van der Waals surface area (Å²) < 4.78 is 0. The van der Waals surface area contributed by atoms with Crippen molar-refractivity contribution in [1.82, 2.24) is 5.32 Å². The first-order valence-electron chi connectivity index (χ1n) is 2.28. The predicted octanol–water partition coefficient (Wildman–Crippen LogP) is -1.92. The zero-order valence-electron chi connectivity index (χ0n) is 5.46. The molecule has 6 nitrogen and oxygen atoms in total. The van der Waals surface area contributed by atoms with Crippen LogP contribution in [-0.2, 0) is 14.4 Å². The number of imide groups is 1. The summed E-state index contributed by atoms with van der Waals surface area (Å²) in [5.41, 5.74) is 0. The summed E-state index contributed by atoms with van der Waals surface area (Å²) in [7, 11) is 0. The van der Waals surface area contributed by atoms with Crippen molar-refractivity contribution < 1.29 is 25.0 Å². The Balaban J connectivity index is 0. The predicted molar refractivity (Wildman–Crippen MR) is 34.6 cm³/mol. The maximum atomic E-state index is 10.2. The average Bonchev–Trinajstić information content (AvgIpc) is 1.87. The normalized spacial score (nSPS) is 7.27. The van der Waals surface area contributed by atoms with E-state index in [-0.39, 0.29) is 5.48 Å². The van der Waals surface area contributed by atoms with Crippen molar-refractivity contribution >= 4 is 17.8 Å². The lowest BCUT2D eigenvalue weighted by Gasteiger charge is -1.92. The number of amides is 2. The van der Waals surface area contributed by atoms with Crippen LogP contribution in [0.4, 0.5) is 0 Å². The Morgan fingerprint density at radius 3 is 2.09 bits per heavy atom. The van der Waals surface area contributed by atoms with Crippen LogP contribution in [0.1, 0.15) is 0 Å². The van der Waals surface area contributed by atoms with Crippen molar-refractivity contribution in [1.29, 1.82) is 0 Å². The first-order chi connectivity index (χ1) is 4.57. The van der Waals surface area contributed by atoms with Crippen molar-refractivity contribution in [2.24, 2.45) is 0 Å². The van der Waals surface area contributed by atoms with E-state index in [2.05, 4.69) is 6.58 Å². The summed E-state index contributed by atoms with van der Waals surface area (Å²) in [4.78, 5) is 30.1. The molecule has 11 heavy (non-hydrogen) atoms. The molecule has 0 bridgehead atoms. The second-order valence-corrected chi connectivity index (χ2v) is 1.33. The van der Waals surface area contributed by atoms with Crippen LogP contribution >= 0.6 is 0 Å². The molecule has 6 heteroatoms. The molecule has 0 rings (SSSR count). The molecule has 2 amide bonds. The summed E-state index contributed by atoms with van der Waals surface area (Å²) in [5.74, 6) is -3.88. The zero-order valence-corrected chi connectivity index (χ0v) is 5.46. The lowest BCUT2D eigenvalue weighted by molar-refractivity contribution is -0.151. The first-order valence-corrected chi connectivity index (χ1v) is 2.28. The fourth-order valence-corrected chi connectivity index (χ4v) is 0.216. The minimum atomic E-state index is -1.70. The van der Waals surface area contributed by atoms with Gasteiger partial charge in [-0.05, 0) is 6.08 Å². The number of carboxylic acids is 1. The van der Waals surface area contributed by atoms with Gasteiger partial charge in [-0.1, -0.05) is 6.58 Å². The molecular weight excluding hydrogens is 154 g/mol. The molecule has 0 saturated carbocycles. The molecule has 0 aromatic heterocycles. The fraction of sp³-hybridized carbons (Fsp3) is 0. The van der Waals surface area contributed by atoms with E-state index in [1.54, 1.807) is 0 Å². The van der Waals surface area contributed by atoms with Gasteiger partial charge >= 0.3 is 11.9 Å². The second kappa shape index (κ2) is 5.12. The Morgan fingerprint density at radius 1 is 1.36 bits per heavy atom. The molecule has 0 spiro atoms. The Bertz CT molecular complexity index is 197. The number of rotatable bonds is 1. The van der Waals surface area contributed by atoms with Crippen molar-refractivity contribution in [2.75, 3.05) is 0 Å². The number of hydrogen-bond acceptors (Lipinski definition) is 3. The van der Waals surface area contributed by atoms with Gasteiger partial charge in [0.1, 0.15) is 0 Å². The van der Waals surface area contributed by atoms with Gasteiger partial charge in [0.05, 0.1) is 0 Å². The lowest BCUT2D eigenvalue weighted by Crippen LogP contribution is -2.34. The Hall–Kier alpha value is -1.69. The number of carbonyl (C=O) groups is 3. The van der Waals surface area contributed by atoms with Crippen LogP contribution in [0.2, 0.25) is 0 Å². The molecule has 4 N–H and O–H groups in total. The summed E-state index contributed by atoms with van der Waals surface area (Å²) in [6, 6.07) is 0. The quantitative estimate of drug-likeness (QED) is 0.344. The van der Waals surface area contributed by atoms with Gasteiger partial charge in [0.15, 0.2) is 0 Å². The van der Waals surface area contributed by atoms with Crippen LogP contribution in [0, 0.1) is 0 Å². The van der Waals surface area contributed by atoms with Gasteiger partial charge < -0.3 is 10.6 Å². The van der Waals surface area contributed by atoms with Crippen LogP contribution in [0.15, 0.2) is 12.7 Å². The van der Waals surface area contributed by atoms with E-state index >= 15 is 0 Å². The van der Waals surface area contributed by atoms with Crippen LogP contribution in [0.25, 0.3) is 0 Å². The maximum Gasteiger partial charge on any atom is 0.394 e. The molecule has 0 radical (unpaired) electrons. The summed E-state index contributed by atoms with van der Waals surface area (Å²) >= 11 is 0. The van der Waals surface area contributed by atoms with Gasteiger partial charge in [0.2, 0.25) is 5.91 Å². The molecule has 0 heterocycles. The minimum Gasteiger partial charge on any atom is -0.474 e. The number of hydrogen-bond donors (Lipinski definition) is 2. The topological polar surface area (TPSA) is 115 Å². The summed E-state index contributed by atoms with van der Waals surface area (Å²) in [6.07, 6.45) is 0.806. The van der Waals surface area contributed by atoms with Gasteiger partial charge in [-0.2, -0.15) is 0 Å². The van der Waals surface area contributed by atoms with E-state index < -0.39 is 17.8 Å². The van der Waals surface area contributed by atoms with Gasteiger partial charge in [0, 0.05) is 0 Å². The van der Waals surface area contributed by atoms with Gasteiger partial charge in [-0.15, -0.1) is 0 Å². The summed E-state index contributed by atoms with van der Waals surface area (Å²) in [6.45, 7) is 3.02. The van der Waals surface area contributed by atoms with Crippen molar-refractivity contribution in [3.8, 4) is 0 Å². The Morgan fingerprint density at radius 2 is 1.82 bits per heavy atom. The fourth-order valence-electron chi connectivity index (χ4n) is 0.216. The SMILES string of the molecule is C=CC(=O)NC(=O)C(=O)O.O. The highest BCUT2D eigenvalue weighted by Gasteiger charge is 2.11. The average molecular weight is 161 g/mol. The van der Waals surface area contributed by atoms with E-state index in [1.165, 1.54) is 5.32 Å². The maximum absolute atomic E-state index is 10.2. The van der Waals surface area contributed by atoms with E-state index in [1.807, 2.05) is 0 Å². The van der Waals surface area contributed by atoms with Crippen molar-refractivity contribution in [3.63, 3.8) is 0 Å². The molecule has 0 aliphatic carbocycles. The second-order valence-electron chi connectivity index (χ2n) is 1.33. The molecule has 0 atom stereocenters. The van der Waals surface area contributed by atoms with Gasteiger partial charge in [-0.3, -0.25) is 14.9 Å². The van der Waals surface area contributed by atoms with Crippen LogP contribution in [0.3, 0.4) is 0 Å². The lowest BCUT2D eigenvalue weighted by atomic mass is 10.5. The van der Waals surface area contributed by atoms with Gasteiger partial charge in [0.25, 0.3) is 0 Å². The molecule has 0 aromatic rings. The largest absolute Gasteiger partial charge is 0.474 e. The zero-order chi connectivity index (χ0) is 8.15. The molecule has 0 fully saturated rings. The molecule has 0 aliphatic heterocycles. The van der Waals surface area contributed by atoms with E-state index in [4.69, 9.17) is 5.11 Å². The van der Waals surface area contributed by atoms with Crippen molar-refractivity contribution in [2.45, 2.75) is 0 Å². The highest BCUT2D eigenvalue weighted by molar-refractivity contribution is 6.35. The molecule has 62 valence electrons. The van der Waals surface area contributed by atoms with Gasteiger partial charge in [-0.25, -0.2) is 4.79 Å². The van der Waals surface area contributed by atoms with E-state index in [0.29, 0.717) is 0 Å². The number of carboxylic acid groups (broad SMARTS) is 1. The first kappa shape index (κ1) is 12.0. The number of aliphatic carboxylic acids is 1. The van der Waals surface area contributed by atoms with Crippen LogP contribution in [0.5, 0.6) is 0 Å². The van der Waals surface area contributed by atoms with Crippen LogP contribution in [-0.4, -0.2) is 28.4 Å². The Labute approximate surface area is 61.8 Å². The molecular formula is C5H7NO5. The molecule has 0 aliphatic rings. The third-order valence-electron chi connectivity index (χ3n) is 0.616. The smallest absolute Gasteiger partial charge is 0.394 e. The minimum absolute atomic E-state index is 0. The third kappa shape index (κ3) is 4.79. The molecule has 0 saturated heterocycles. The summed E-state index contributed by atoms with van der Waals surface area (Å²) in [5, 5.41) is 9.46. The highest BCUT2D eigenvalue weighted by Crippen LogP contribution is 1.68. The highest BCUT2D eigenvalue weighted by atomic mass is 16.4. The van der Waals surface area contributed by atoms with E-state index in [0.717, 1.165) is 6.08 Å². The van der Waals surface area contributed by atoms with E-state index in [9.17, 15) is 14.4 Å². The standard InChI is InChI=1S/C5H5NO4.H2O/c1-2-3(7)6-4(8)5(9)10;/h2H,1H2,(H,9,10)(H,6,7,8);1H2. The molecule has 0 aromatic carbocycles. The Kier molecular flexibility index (Phi) is 5.60. The molecule has 0 unspecified atom stereocenters. The third-order valence-corrected chi connectivity index (χ3v) is 0.616. The number of nitrogens with one attached hydrogen (secondary N) is 1. The van der Waals surface area contributed by atoms with Crippen LogP contribution < -0.4 is 5.32 Å². The monoisotopic (exact) mass is 161 g/mol. The number of carbonyl (C=O) groups excluding carboxylic acids is 2.